The highest BCUT2D eigenvalue weighted by molar-refractivity contribution is 9.10. The normalized spacial score (nSPS) is 10.2. The number of halogens is 2. The molecule has 0 spiro atoms. The van der Waals surface area contributed by atoms with Crippen molar-refractivity contribution in [2.45, 2.75) is 0 Å². The summed E-state index contributed by atoms with van der Waals surface area (Å²) in [6, 6.07) is 8.25. The zero-order chi connectivity index (χ0) is 17.7. The van der Waals surface area contributed by atoms with Crippen molar-refractivity contribution in [2.75, 3.05) is 20.8 Å². The molecule has 0 radical (unpaired) electrons. The molecule has 0 aliphatic heterocycles. The van der Waals surface area contributed by atoms with Crippen LogP contribution in [0.2, 0.25) is 0 Å². The number of hydrogen-bond acceptors (Lipinski definition) is 5. The van der Waals surface area contributed by atoms with Crippen LogP contribution in [0.4, 0.5) is 4.39 Å². The van der Waals surface area contributed by atoms with Crippen LogP contribution in [-0.4, -0.2) is 32.6 Å². The lowest BCUT2D eigenvalue weighted by Crippen LogP contribution is -2.13. The number of Topliss-reactive ketones (excluding diaryl/α,β-unsaturated/α-hetero) is 1. The monoisotopic (exact) mass is 396 g/mol. The Labute approximate surface area is 146 Å². The maximum Gasteiger partial charge on any atom is 0.337 e. The Morgan fingerprint density at radius 1 is 1.08 bits per heavy atom. The van der Waals surface area contributed by atoms with E-state index in [1.807, 2.05) is 0 Å². The number of hydrogen-bond donors (Lipinski definition) is 0. The predicted octanol–water partition coefficient (Wildman–Crippen LogP) is 3.65. The van der Waals surface area contributed by atoms with E-state index in [4.69, 9.17) is 9.47 Å². The van der Waals surface area contributed by atoms with E-state index in [9.17, 15) is 14.0 Å². The van der Waals surface area contributed by atoms with Gasteiger partial charge in [-0.15, -0.1) is 0 Å². The molecule has 0 aliphatic carbocycles. The van der Waals surface area contributed by atoms with Crippen molar-refractivity contribution in [1.29, 1.82) is 0 Å². The number of carbonyl (C=O) groups excluding carboxylic acids is 2. The summed E-state index contributed by atoms with van der Waals surface area (Å²) in [7, 11) is 2.68. The second kappa shape index (κ2) is 7.92. The molecule has 0 heterocycles. The number of ether oxygens (including phenoxy) is 3. The van der Waals surface area contributed by atoms with Crippen molar-refractivity contribution in [3.05, 3.63) is 57.8 Å². The molecule has 126 valence electrons. The van der Waals surface area contributed by atoms with Crippen LogP contribution in [0.3, 0.4) is 0 Å². The van der Waals surface area contributed by atoms with Gasteiger partial charge in [0.2, 0.25) is 5.78 Å². The molecular formula is C17H14BrFO5. The molecule has 0 aromatic heterocycles. The lowest BCUT2D eigenvalue weighted by atomic mass is 10.1. The molecule has 0 saturated heterocycles. The van der Waals surface area contributed by atoms with Gasteiger partial charge in [0.05, 0.1) is 29.8 Å². The van der Waals surface area contributed by atoms with Crippen LogP contribution in [-0.2, 0) is 4.74 Å². The molecule has 0 atom stereocenters. The molecule has 0 aliphatic rings. The minimum absolute atomic E-state index is 0.0970. The molecule has 0 fully saturated rings. The van der Waals surface area contributed by atoms with Gasteiger partial charge in [-0.05, 0) is 52.3 Å². The van der Waals surface area contributed by atoms with Gasteiger partial charge in [0.15, 0.2) is 6.61 Å². The number of rotatable bonds is 6. The van der Waals surface area contributed by atoms with Crippen LogP contribution in [0.5, 0.6) is 11.5 Å². The van der Waals surface area contributed by atoms with E-state index in [1.54, 1.807) is 0 Å². The Kier molecular flexibility index (Phi) is 5.92. The molecule has 0 saturated carbocycles. The molecule has 0 unspecified atom stereocenters. The van der Waals surface area contributed by atoms with Crippen molar-refractivity contribution in [1.82, 2.24) is 0 Å². The summed E-state index contributed by atoms with van der Waals surface area (Å²) in [5.74, 6) is -0.822. The molecule has 24 heavy (non-hydrogen) atoms. The minimum atomic E-state index is -0.539. The molecule has 0 bridgehead atoms. The summed E-state index contributed by atoms with van der Waals surface area (Å²) >= 11 is 3.26. The summed E-state index contributed by atoms with van der Waals surface area (Å²) in [6.07, 6.45) is 0. The van der Waals surface area contributed by atoms with Crippen molar-refractivity contribution in [2.24, 2.45) is 0 Å². The lowest BCUT2D eigenvalue weighted by molar-refractivity contribution is 0.0600. The summed E-state index contributed by atoms with van der Waals surface area (Å²) < 4.78 is 28.9. The van der Waals surface area contributed by atoms with Crippen molar-refractivity contribution < 1.29 is 28.2 Å². The molecule has 2 aromatic carbocycles. The quantitative estimate of drug-likeness (QED) is 0.550. The highest BCUT2D eigenvalue weighted by atomic mass is 79.9. The van der Waals surface area contributed by atoms with Gasteiger partial charge >= 0.3 is 5.97 Å². The zero-order valence-electron chi connectivity index (χ0n) is 13.0. The molecule has 7 heteroatoms. The molecule has 0 N–H and O–H groups in total. The molecule has 2 rings (SSSR count). The minimum Gasteiger partial charge on any atom is -0.496 e. The molecule has 5 nitrogen and oxygen atoms in total. The van der Waals surface area contributed by atoms with Gasteiger partial charge in [-0.2, -0.15) is 0 Å². The first kappa shape index (κ1) is 17.9. The second-order valence-corrected chi connectivity index (χ2v) is 5.55. The Hall–Kier alpha value is -2.41. The van der Waals surface area contributed by atoms with E-state index in [-0.39, 0.29) is 17.9 Å². The first-order valence-corrected chi connectivity index (χ1v) is 7.63. The van der Waals surface area contributed by atoms with E-state index in [0.29, 0.717) is 15.8 Å². The van der Waals surface area contributed by atoms with Gasteiger partial charge in [0.25, 0.3) is 0 Å². The Morgan fingerprint density at radius 2 is 1.79 bits per heavy atom. The van der Waals surface area contributed by atoms with E-state index in [1.165, 1.54) is 44.6 Å². The topological polar surface area (TPSA) is 61.8 Å². The Balaban J connectivity index is 2.12. The first-order chi connectivity index (χ1) is 11.5. The van der Waals surface area contributed by atoms with Crippen LogP contribution < -0.4 is 9.47 Å². The number of ketones is 1. The maximum atomic E-state index is 13.3. The highest BCUT2D eigenvalue weighted by Crippen LogP contribution is 2.27. The largest absolute Gasteiger partial charge is 0.496 e. The highest BCUT2D eigenvalue weighted by Gasteiger charge is 2.15. The lowest BCUT2D eigenvalue weighted by Gasteiger charge is -2.11. The fraction of sp³-hybridized carbons (Fsp3) is 0.176. The van der Waals surface area contributed by atoms with Crippen LogP contribution >= 0.6 is 15.9 Å². The summed E-state index contributed by atoms with van der Waals surface area (Å²) in [5.41, 5.74) is 0.439. The van der Waals surface area contributed by atoms with Crippen molar-refractivity contribution in [3.63, 3.8) is 0 Å². The maximum absolute atomic E-state index is 13.3. The van der Waals surface area contributed by atoms with Crippen molar-refractivity contribution >= 4 is 27.7 Å². The van der Waals surface area contributed by atoms with Gasteiger partial charge < -0.3 is 14.2 Å². The van der Waals surface area contributed by atoms with Crippen LogP contribution in [0.25, 0.3) is 0 Å². The molecule has 0 amide bonds. The fourth-order valence-electron chi connectivity index (χ4n) is 1.98. The fourth-order valence-corrected chi connectivity index (χ4v) is 2.48. The predicted molar refractivity (Wildman–Crippen MR) is 88.3 cm³/mol. The standard InChI is InChI=1S/C17H14BrFO5/c1-22-15-6-4-11(19)8-12(15)14(20)9-24-16-5-3-10(7-13(16)18)17(21)23-2/h3-8H,9H2,1-2H3. The molecule has 2 aromatic rings. The van der Waals surface area contributed by atoms with E-state index in [0.717, 1.165) is 6.07 Å². The van der Waals surface area contributed by atoms with E-state index >= 15 is 0 Å². The third kappa shape index (κ3) is 4.11. The third-order valence-corrected chi connectivity index (χ3v) is 3.79. The second-order valence-electron chi connectivity index (χ2n) is 4.69. The number of carbonyl (C=O) groups is 2. The summed E-state index contributed by atoms with van der Waals surface area (Å²) in [4.78, 5) is 23.7. The zero-order valence-corrected chi connectivity index (χ0v) is 14.6. The van der Waals surface area contributed by atoms with E-state index < -0.39 is 17.6 Å². The van der Waals surface area contributed by atoms with Gasteiger partial charge in [0, 0.05) is 0 Å². The number of methoxy groups -OCH3 is 2. The van der Waals surface area contributed by atoms with Crippen LogP contribution in [0.15, 0.2) is 40.9 Å². The number of benzene rings is 2. The summed E-state index contributed by atoms with van der Waals surface area (Å²) in [6.45, 7) is -0.310. The van der Waals surface area contributed by atoms with Gasteiger partial charge in [0.1, 0.15) is 17.3 Å². The van der Waals surface area contributed by atoms with Gasteiger partial charge in [-0.1, -0.05) is 0 Å². The van der Waals surface area contributed by atoms with Gasteiger partial charge in [-0.25, -0.2) is 9.18 Å². The van der Waals surface area contributed by atoms with Crippen LogP contribution in [0, 0.1) is 5.82 Å². The Bertz CT molecular complexity index is 776. The van der Waals surface area contributed by atoms with Gasteiger partial charge in [-0.3, -0.25) is 4.79 Å². The van der Waals surface area contributed by atoms with Crippen molar-refractivity contribution in [3.8, 4) is 11.5 Å². The first-order valence-electron chi connectivity index (χ1n) is 6.83. The number of esters is 1. The van der Waals surface area contributed by atoms with E-state index in [2.05, 4.69) is 20.7 Å². The van der Waals surface area contributed by atoms with Crippen LogP contribution in [0.1, 0.15) is 20.7 Å². The smallest absolute Gasteiger partial charge is 0.337 e. The summed E-state index contributed by atoms with van der Waals surface area (Å²) in [5, 5.41) is 0. The molecular weight excluding hydrogens is 383 g/mol. The Morgan fingerprint density at radius 3 is 2.42 bits per heavy atom. The average Bonchev–Trinajstić information content (AvgIpc) is 2.59. The average molecular weight is 397 g/mol. The SMILES string of the molecule is COC(=O)c1ccc(OCC(=O)c2cc(F)ccc2OC)c(Br)c1. The third-order valence-electron chi connectivity index (χ3n) is 3.17.